The Kier molecular flexibility index (Phi) is 9.06. The largest absolute Gasteiger partial charge is 0.320 e. The molecule has 4 nitrogen and oxygen atoms in total. The van der Waals surface area contributed by atoms with E-state index < -0.39 is 0 Å². The highest BCUT2D eigenvalue weighted by Gasteiger charge is 2.27. The summed E-state index contributed by atoms with van der Waals surface area (Å²) in [6, 6.07) is 16.1. The first-order valence-corrected chi connectivity index (χ1v) is 11.8. The van der Waals surface area contributed by atoms with Gasteiger partial charge in [-0.25, -0.2) is 0 Å². The highest BCUT2D eigenvalue weighted by atomic mass is 35.5. The predicted molar refractivity (Wildman–Crippen MR) is 134 cm³/mol. The van der Waals surface area contributed by atoms with E-state index in [1.54, 1.807) is 6.20 Å². The minimum atomic E-state index is -0.200. The zero-order chi connectivity index (χ0) is 23.0. The third kappa shape index (κ3) is 6.52. The molecule has 1 N–H and O–H groups in total. The maximum absolute atomic E-state index is 6.43. The fourth-order valence-electron chi connectivity index (χ4n) is 3.96. The fraction of sp³-hybridized carbons (Fsp3) is 0.385. The molecule has 0 saturated carbocycles. The van der Waals surface area contributed by atoms with E-state index in [2.05, 4.69) is 47.2 Å². The summed E-state index contributed by atoms with van der Waals surface area (Å²) in [5.74, 6) is 0. The average molecular weight is 471 g/mol. The van der Waals surface area contributed by atoms with Crippen LogP contribution < -0.4 is 5.32 Å². The molecule has 0 unspecified atom stereocenters. The second-order valence-corrected chi connectivity index (χ2v) is 9.43. The molecular formula is C26H32Cl2N4. The standard InChI is InChI=1S/C26H32Cl2N4/c1-26(2,20-10-12-21(27)13-11-20)22-8-6-15-30-24(22)18-32(17-5-4-14-29-3)19-25-23(28)9-7-16-31-25/h6-13,15-16,29H,4-5,14,17-19H2,1-3H3. The lowest BCUT2D eigenvalue weighted by molar-refractivity contribution is 0.243. The third-order valence-electron chi connectivity index (χ3n) is 5.86. The highest BCUT2D eigenvalue weighted by Crippen LogP contribution is 2.34. The molecule has 0 aliphatic rings. The van der Waals surface area contributed by atoms with E-state index in [1.807, 2.05) is 43.6 Å². The molecule has 0 saturated heterocycles. The maximum Gasteiger partial charge on any atom is 0.0729 e. The van der Waals surface area contributed by atoms with Crippen molar-refractivity contribution >= 4 is 23.2 Å². The van der Waals surface area contributed by atoms with Crippen molar-refractivity contribution in [2.45, 2.75) is 45.2 Å². The smallest absolute Gasteiger partial charge is 0.0729 e. The van der Waals surface area contributed by atoms with Crippen LogP contribution in [0, 0.1) is 0 Å². The number of nitrogens with one attached hydrogen (secondary N) is 1. The van der Waals surface area contributed by atoms with Gasteiger partial charge in [-0.3, -0.25) is 14.9 Å². The minimum Gasteiger partial charge on any atom is -0.320 e. The van der Waals surface area contributed by atoms with Gasteiger partial charge >= 0.3 is 0 Å². The molecule has 3 rings (SSSR count). The molecule has 0 fully saturated rings. The van der Waals surface area contributed by atoms with Gasteiger partial charge in [-0.2, -0.15) is 0 Å². The molecule has 0 amide bonds. The van der Waals surface area contributed by atoms with Crippen LogP contribution in [-0.2, 0) is 18.5 Å². The van der Waals surface area contributed by atoms with E-state index in [0.717, 1.165) is 48.9 Å². The fourth-order valence-corrected chi connectivity index (χ4v) is 4.27. The van der Waals surface area contributed by atoms with Gasteiger partial charge in [-0.05, 0) is 74.4 Å². The van der Waals surface area contributed by atoms with Crippen molar-refractivity contribution in [1.82, 2.24) is 20.2 Å². The first kappa shape index (κ1) is 24.7. The Morgan fingerprint density at radius 3 is 2.22 bits per heavy atom. The predicted octanol–water partition coefficient (Wildman–Crippen LogP) is 6.11. The van der Waals surface area contributed by atoms with Gasteiger partial charge in [0.05, 0.1) is 16.4 Å². The molecule has 0 aliphatic heterocycles. The van der Waals surface area contributed by atoms with Crippen LogP contribution in [0.1, 0.15) is 49.2 Å². The van der Waals surface area contributed by atoms with E-state index in [-0.39, 0.29) is 5.41 Å². The Hall–Kier alpha value is -1.98. The molecule has 2 aromatic heterocycles. The zero-order valence-electron chi connectivity index (χ0n) is 19.1. The number of hydrogen-bond donors (Lipinski definition) is 1. The van der Waals surface area contributed by atoms with Crippen molar-refractivity contribution in [2.24, 2.45) is 0 Å². The maximum atomic E-state index is 6.43. The average Bonchev–Trinajstić information content (AvgIpc) is 2.78. The molecule has 1 aromatic carbocycles. The van der Waals surface area contributed by atoms with E-state index in [1.165, 1.54) is 11.1 Å². The van der Waals surface area contributed by atoms with Gasteiger partial charge in [0, 0.05) is 35.9 Å². The van der Waals surface area contributed by atoms with Crippen LogP contribution in [-0.4, -0.2) is 35.0 Å². The molecule has 0 aliphatic carbocycles. The molecule has 32 heavy (non-hydrogen) atoms. The summed E-state index contributed by atoms with van der Waals surface area (Å²) in [6.45, 7) is 7.87. The molecular weight excluding hydrogens is 439 g/mol. The van der Waals surface area contributed by atoms with E-state index in [4.69, 9.17) is 28.2 Å². The molecule has 0 bridgehead atoms. The summed E-state index contributed by atoms with van der Waals surface area (Å²) in [5.41, 5.74) is 4.21. The van der Waals surface area contributed by atoms with Gasteiger partial charge in [-0.1, -0.05) is 55.2 Å². The normalized spacial score (nSPS) is 11.8. The number of hydrogen-bond acceptors (Lipinski definition) is 4. The number of pyridine rings is 2. The first-order valence-electron chi connectivity index (χ1n) is 11.1. The molecule has 170 valence electrons. The van der Waals surface area contributed by atoms with Gasteiger partial charge in [0.1, 0.15) is 0 Å². The number of benzene rings is 1. The van der Waals surface area contributed by atoms with Crippen LogP contribution in [0.3, 0.4) is 0 Å². The molecule has 0 spiro atoms. The SMILES string of the molecule is CNCCCCN(Cc1ncccc1Cl)Cc1ncccc1C(C)(C)c1ccc(Cl)cc1. The van der Waals surface area contributed by atoms with Crippen molar-refractivity contribution in [3.05, 3.63) is 93.5 Å². The third-order valence-corrected chi connectivity index (χ3v) is 6.46. The first-order chi connectivity index (χ1) is 15.4. The van der Waals surface area contributed by atoms with Crippen molar-refractivity contribution in [2.75, 3.05) is 20.1 Å². The summed E-state index contributed by atoms with van der Waals surface area (Å²) in [6.07, 6.45) is 5.89. The van der Waals surface area contributed by atoms with Gasteiger partial charge in [0.2, 0.25) is 0 Å². The zero-order valence-corrected chi connectivity index (χ0v) is 20.6. The highest BCUT2D eigenvalue weighted by molar-refractivity contribution is 6.31. The molecule has 2 heterocycles. The van der Waals surface area contributed by atoms with Gasteiger partial charge < -0.3 is 5.32 Å². The van der Waals surface area contributed by atoms with E-state index in [9.17, 15) is 0 Å². The number of nitrogens with zero attached hydrogens (tertiary/aromatic N) is 3. The van der Waals surface area contributed by atoms with Crippen LogP contribution in [0.5, 0.6) is 0 Å². The van der Waals surface area contributed by atoms with Crippen molar-refractivity contribution in [3.8, 4) is 0 Å². The lowest BCUT2D eigenvalue weighted by Gasteiger charge is -2.30. The van der Waals surface area contributed by atoms with E-state index in [0.29, 0.717) is 11.6 Å². The Balaban J connectivity index is 1.87. The van der Waals surface area contributed by atoms with Crippen LogP contribution >= 0.6 is 23.2 Å². The van der Waals surface area contributed by atoms with Gasteiger partial charge in [0.15, 0.2) is 0 Å². The molecule has 0 atom stereocenters. The lowest BCUT2D eigenvalue weighted by atomic mass is 9.77. The van der Waals surface area contributed by atoms with Gasteiger partial charge in [0.25, 0.3) is 0 Å². The molecule has 3 aromatic rings. The monoisotopic (exact) mass is 470 g/mol. The quantitative estimate of drug-likeness (QED) is 0.343. The topological polar surface area (TPSA) is 41.0 Å². The lowest BCUT2D eigenvalue weighted by Crippen LogP contribution is -2.29. The van der Waals surface area contributed by atoms with E-state index >= 15 is 0 Å². The number of halogens is 2. The Bertz CT molecular complexity index is 989. The molecule has 6 heteroatoms. The van der Waals surface area contributed by atoms with Gasteiger partial charge in [-0.15, -0.1) is 0 Å². The summed E-state index contributed by atoms with van der Waals surface area (Å²) < 4.78 is 0. The number of aromatic nitrogens is 2. The van der Waals surface area contributed by atoms with Crippen molar-refractivity contribution in [3.63, 3.8) is 0 Å². The number of rotatable bonds is 11. The second-order valence-electron chi connectivity index (χ2n) is 8.58. The van der Waals surface area contributed by atoms with Crippen LogP contribution in [0.15, 0.2) is 60.9 Å². The van der Waals surface area contributed by atoms with Crippen molar-refractivity contribution < 1.29 is 0 Å². The number of unbranched alkanes of at least 4 members (excludes halogenated alkanes) is 1. The Morgan fingerprint density at radius 1 is 0.875 bits per heavy atom. The Labute approximate surface area is 202 Å². The minimum absolute atomic E-state index is 0.200. The summed E-state index contributed by atoms with van der Waals surface area (Å²) in [7, 11) is 1.99. The summed E-state index contributed by atoms with van der Waals surface area (Å²) in [4.78, 5) is 11.7. The second kappa shape index (κ2) is 11.8. The molecule has 0 radical (unpaired) electrons. The summed E-state index contributed by atoms with van der Waals surface area (Å²) >= 11 is 12.6. The van der Waals surface area contributed by atoms with Crippen LogP contribution in [0.25, 0.3) is 0 Å². The Morgan fingerprint density at radius 2 is 1.53 bits per heavy atom. The van der Waals surface area contributed by atoms with Crippen LogP contribution in [0.4, 0.5) is 0 Å². The summed E-state index contributed by atoms with van der Waals surface area (Å²) in [5, 5.41) is 4.68. The van der Waals surface area contributed by atoms with Crippen molar-refractivity contribution in [1.29, 1.82) is 0 Å². The van der Waals surface area contributed by atoms with Crippen LogP contribution in [0.2, 0.25) is 10.0 Å².